The molecule has 0 spiro atoms. The van der Waals surface area contributed by atoms with E-state index in [1.165, 1.54) is 72.3 Å². The van der Waals surface area contributed by atoms with Crippen LogP contribution in [0.25, 0.3) is 55.6 Å². The van der Waals surface area contributed by atoms with E-state index in [0.29, 0.717) is 0 Å². The van der Waals surface area contributed by atoms with Gasteiger partial charge in [0, 0.05) is 17.1 Å². The fourth-order valence-corrected chi connectivity index (χ4v) is 10.1. The average molecular weight is 804 g/mol. The van der Waals surface area contributed by atoms with Crippen LogP contribution >= 0.6 is 0 Å². The normalized spacial score (nSPS) is 12.3. The van der Waals surface area contributed by atoms with Gasteiger partial charge in [-0.25, -0.2) is 0 Å². The van der Waals surface area contributed by atoms with Crippen molar-refractivity contribution in [2.24, 2.45) is 0 Å². The Morgan fingerprint density at radius 1 is 0.270 bits per heavy atom. The average Bonchev–Trinajstić information content (AvgIpc) is 3.66. The first-order valence-corrected chi connectivity index (χ1v) is 21.8. The van der Waals surface area contributed by atoms with Gasteiger partial charge in [-0.2, -0.15) is 0 Å². The molecule has 1 aliphatic rings. The first-order valence-electron chi connectivity index (χ1n) is 21.8. The lowest BCUT2D eigenvalue weighted by Crippen LogP contribution is -2.30. The molecule has 0 fully saturated rings. The molecule has 1 aliphatic carbocycles. The van der Waals surface area contributed by atoms with Crippen LogP contribution in [0.2, 0.25) is 0 Å². The molecule has 0 bridgehead atoms. The van der Waals surface area contributed by atoms with Gasteiger partial charge in [0.2, 0.25) is 0 Å². The molecule has 0 radical (unpaired) electrons. The van der Waals surface area contributed by atoms with Crippen LogP contribution in [0.5, 0.6) is 0 Å². The predicted molar refractivity (Wildman–Crippen MR) is 265 cm³/mol. The summed E-state index contributed by atoms with van der Waals surface area (Å²) in [5, 5.41) is 0. The van der Waals surface area contributed by atoms with Gasteiger partial charge >= 0.3 is 0 Å². The monoisotopic (exact) mass is 803 g/mol. The fraction of sp³-hybridized carbons (Fsp3) is 0.0323. The van der Waals surface area contributed by atoms with Gasteiger partial charge in [-0.05, 0) is 127 Å². The van der Waals surface area contributed by atoms with E-state index in [0.717, 1.165) is 28.2 Å². The summed E-state index contributed by atoms with van der Waals surface area (Å²) in [6.07, 6.45) is 0. The Morgan fingerprint density at radius 3 is 1.11 bits per heavy atom. The summed E-state index contributed by atoms with van der Waals surface area (Å²) >= 11 is 0. The number of fused-ring (bicyclic) bond motifs is 3. The predicted octanol–water partition coefficient (Wildman–Crippen LogP) is 16.5. The van der Waals surface area contributed by atoms with Crippen LogP contribution in [0.1, 0.15) is 27.8 Å². The molecule has 1 heteroatoms. The highest BCUT2D eigenvalue weighted by atomic mass is 15.1. The first kappa shape index (κ1) is 38.0. The summed E-state index contributed by atoms with van der Waals surface area (Å²) < 4.78 is 0. The topological polar surface area (TPSA) is 3.24 Å². The second-order valence-corrected chi connectivity index (χ2v) is 16.5. The third-order valence-electron chi connectivity index (χ3n) is 12.9. The highest BCUT2D eigenvalue weighted by molar-refractivity contribution is 5.91. The van der Waals surface area contributed by atoms with E-state index in [1.54, 1.807) is 0 Å². The molecule has 63 heavy (non-hydrogen) atoms. The molecule has 11 rings (SSSR count). The zero-order chi connectivity index (χ0) is 42.2. The van der Waals surface area contributed by atoms with Gasteiger partial charge in [0.15, 0.2) is 0 Å². The van der Waals surface area contributed by atoms with Crippen molar-refractivity contribution in [2.75, 3.05) is 4.90 Å². The summed E-state index contributed by atoms with van der Waals surface area (Å²) in [6, 6.07) is 93.3. The van der Waals surface area contributed by atoms with E-state index >= 15 is 0 Å². The van der Waals surface area contributed by atoms with Crippen molar-refractivity contribution in [3.63, 3.8) is 0 Å². The van der Waals surface area contributed by atoms with Crippen LogP contribution in [0.15, 0.2) is 255 Å². The quantitative estimate of drug-likeness (QED) is 0.140. The summed E-state index contributed by atoms with van der Waals surface area (Å²) in [5.41, 5.74) is 21.2. The molecular weight excluding hydrogens is 759 g/mol. The van der Waals surface area contributed by atoms with Crippen molar-refractivity contribution in [1.82, 2.24) is 0 Å². The lowest BCUT2D eigenvalue weighted by molar-refractivity contribution is 0.761. The first-order chi connectivity index (χ1) is 31.2. The number of hydrogen-bond acceptors (Lipinski definition) is 1. The second kappa shape index (κ2) is 16.1. The standard InChI is InChI=1S/C62H45N/c1-44-39-40-52(43-61(44)62(49-27-9-4-10-28-49)59-37-17-15-35-57(59)58-36-16-18-38-60(58)62)63(50-29-19-25-47(41-50)55-33-13-11-31-53(55)45-21-5-2-6-22-45)51-30-20-26-48(42-51)56-34-14-12-32-54(56)46-23-7-3-8-24-46/h2-43H,1H3. The minimum absolute atomic E-state index is 0.535. The molecule has 0 aromatic heterocycles. The van der Waals surface area contributed by atoms with Gasteiger partial charge in [-0.1, -0.05) is 218 Å². The molecule has 1 nitrogen and oxygen atoms in total. The van der Waals surface area contributed by atoms with E-state index < -0.39 is 5.41 Å². The molecule has 298 valence electrons. The fourth-order valence-electron chi connectivity index (χ4n) is 10.1. The van der Waals surface area contributed by atoms with E-state index in [1.807, 2.05) is 0 Å². The third kappa shape index (κ3) is 6.58. The zero-order valence-electron chi connectivity index (χ0n) is 35.2. The molecule has 0 atom stereocenters. The highest BCUT2D eigenvalue weighted by Crippen LogP contribution is 2.57. The van der Waals surface area contributed by atoms with Crippen molar-refractivity contribution < 1.29 is 0 Å². The molecule has 0 saturated carbocycles. The molecular formula is C62H45N. The summed E-state index contributed by atoms with van der Waals surface area (Å²) in [7, 11) is 0. The van der Waals surface area contributed by atoms with Crippen LogP contribution < -0.4 is 4.90 Å². The number of nitrogens with zero attached hydrogens (tertiary/aromatic N) is 1. The van der Waals surface area contributed by atoms with Crippen LogP contribution in [0.3, 0.4) is 0 Å². The Bertz CT molecular complexity index is 3070. The molecule has 0 saturated heterocycles. The van der Waals surface area contributed by atoms with E-state index in [2.05, 4.69) is 267 Å². The Labute approximate surface area is 370 Å². The molecule has 0 amide bonds. The van der Waals surface area contributed by atoms with Gasteiger partial charge in [-0.3, -0.25) is 0 Å². The Morgan fingerprint density at radius 2 is 0.635 bits per heavy atom. The highest BCUT2D eigenvalue weighted by Gasteiger charge is 2.46. The lowest BCUT2D eigenvalue weighted by atomic mass is 9.66. The van der Waals surface area contributed by atoms with Gasteiger partial charge in [-0.15, -0.1) is 0 Å². The molecule has 0 unspecified atom stereocenters. The molecule has 10 aromatic carbocycles. The smallest absolute Gasteiger partial charge is 0.0716 e. The van der Waals surface area contributed by atoms with Gasteiger partial charge in [0.25, 0.3) is 0 Å². The largest absolute Gasteiger partial charge is 0.310 e. The van der Waals surface area contributed by atoms with Crippen LogP contribution in [0, 0.1) is 6.92 Å². The maximum Gasteiger partial charge on any atom is 0.0716 e. The minimum Gasteiger partial charge on any atom is -0.310 e. The lowest BCUT2D eigenvalue weighted by Gasteiger charge is -2.36. The number of benzene rings is 10. The minimum atomic E-state index is -0.535. The number of hydrogen-bond donors (Lipinski definition) is 0. The summed E-state index contributed by atoms with van der Waals surface area (Å²) in [5.74, 6) is 0. The van der Waals surface area contributed by atoms with E-state index in [9.17, 15) is 0 Å². The van der Waals surface area contributed by atoms with Crippen molar-refractivity contribution in [3.05, 3.63) is 283 Å². The molecule has 10 aromatic rings. The van der Waals surface area contributed by atoms with Crippen molar-refractivity contribution >= 4 is 17.1 Å². The van der Waals surface area contributed by atoms with Crippen molar-refractivity contribution in [3.8, 4) is 55.6 Å². The Hall–Kier alpha value is -8.00. The molecule has 0 N–H and O–H groups in total. The van der Waals surface area contributed by atoms with Crippen LogP contribution in [0.4, 0.5) is 17.1 Å². The third-order valence-corrected chi connectivity index (χ3v) is 12.9. The van der Waals surface area contributed by atoms with Crippen LogP contribution in [-0.4, -0.2) is 0 Å². The number of anilines is 3. The summed E-state index contributed by atoms with van der Waals surface area (Å²) in [6.45, 7) is 2.28. The van der Waals surface area contributed by atoms with Gasteiger partial charge in [0.1, 0.15) is 0 Å². The van der Waals surface area contributed by atoms with E-state index in [4.69, 9.17) is 0 Å². The number of rotatable bonds is 9. The molecule has 0 heterocycles. The summed E-state index contributed by atoms with van der Waals surface area (Å²) in [4.78, 5) is 2.46. The number of aryl methyl sites for hydroxylation is 1. The van der Waals surface area contributed by atoms with Crippen molar-refractivity contribution in [2.45, 2.75) is 12.3 Å². The Balaban J connectivity index is 1.15. The van der Waals surface area contributed by atoms with Gasteiger partial charge in [0.05, 0.1) is 5.41 Å². The SMILES string of the molecule is Cc1ccc(N(c2cccc(-c3ccccc3-c3ccccc3)c2)c2cccc(-c3ccccc3-c3ccccc3)c2)cc1C1(c2ccccc2)c2ccccc2-c2ccccc21. The van der Waals surface area contributed by atoms with Crippen molar-refractivity contribution in [1.29, 1.82) is 0 Å². The maximum atomic E-state index is 2.47. The molecule has 0 aliphatic heterocycles. The zero-order valence-corrected chi connectivity index (χ0v) is 35.2. The Kier molecular flexibility index (Phi) is 9.71. The maximum absolute atomic E-state index is 2.47. The van der Waals surface area contributed by atoms with Gasteiger partial charge < -0.3 is 4.90 Å². The van der Waals surface area contributed by atoms with Crippen LogP contribution in [-0.2, 0) is 5.41 Å². The van der Waals surface area contributed by atoms with E-state index in [-0.39, 0.29) is 0 Å². The second-order valence-electron chi connectivity index (χ2n) is 16.5.